The molecule has 1 aromatic heterocycles. The van der Waals surface area contributed by atoms with Gasteiger partial charge >= 0.3 is 6.09 Å². The van der Waals surface area contributed by atoms with Gasteiger partial charge in [-0.15, -0.1) is 0 Å². The first-order valence-electron chi connectivity index (χ1n) is 6.53. The number of aromatic nitrogens is 2. The fourth-order valence-corrected chi connectivity index (χ4v) is 2.57. The largest absolute Gasteiger partial charge is 0.465 e. The molecule has 0 saturated carbocycles. The first-order valence-corrected chi connectivity index (χ1v) is 6.91. The van der Waals surface area contributed by atoms with Crippen LogP contribution in [0.5, 0.6) is 0 Å². The quantitative estimate of drug-likeness (QED) is 0.818. The molecule has 1 aliphatic rings. The van der Waals surface area contributed by atoms with Crippen LogP contribution in [0.1, 0.15) is 19.8 Å². The highest BCUT2D eigenvalue weighted by molar-refractivity contribution is 6.29. The lowest BCUT2D eigenvalue weighted by molar-refractivity contribution is 0.187. The third kappa shape index (κ3) is 3.22. The minimum atomic E-state index is -1.00. The molecule has 1 amide bonds. The van der Waals surface area contributed by atoms with Crippen molar-refractivity contribution in [3.8, 4) is 0 Å². The molecule has 0 aliphatic carbocycles. The van der Waals surface area contributed by atoms with E-state index in [0.717, 1.165) is 0 Å². The normalized spacial score (nSPS) is 16.2. The zero-order valence-corrected chi connectivity index (χ0v) is 11.9. The number of piperidine rings is 1. The van der Waals surface area contributed by atoms with Crippen LogP contribution in [0.25, 0.3) is 0 Å². The van der Waals surface area contributed by atoms with Crippen molar-refractivity contribution >= 4 is 23.6 Å². The predicted octanol–water partition coefficient (Wildman–Crippen LogP) is 1.15. The van der Waals surface area contributed by atoms with Gasteiger partial charge in [-0.05, 0) is 19.8 Å². The summed E-state index contributed by atoms with van der Waals surface area (Å²) in [6.45, 7) is 3.67. The minimum Gasteiger partial charge on any atom is -0.465 e. The maximum atomic E-state index is 11.9. The van der Waals surface area contributed by atoms with E-state index < -0.39 is 6.09 Å². The average molecular weight is 301 g/mol. The van der Waals surface area contributed by atoms with Gasteiger partial charge in [0.05, 0.1) is 0 Å². The van der Waals surface area contributed by atoms with Crippen LogP contribution in [0.15, 0.2) is 10.9 Å². The van der Waals surface area contributed by atoms with Crippen LogP contribution < -0.4 is 15.8 Å². The molecule has 2 heterocycles. The predicted molar refractivity (Wildman–Crippen MR) is 75.6 cm³/mol. The second kappa shape index (κ2) is 6.13. The Kier molecular flexibility index (Phi) is 4.49. The molecule has 0 bridgehead atoms. The van der Waals surface area contributed by atoms with Crippen molar-refractivity contribution in [2.75, 3.05) is 18.0 Å². The second-order valence-electron chi connectivity index (χ2n) is 4.67. The number of amides is 1. The lowest BCUT2D eigenvalue weighted by Crippen LogP contribution is -2.46. The van der Waals surface area contributed by atoms with Crippen molar-refractivity contribution in [3.05, 3.63) is 21.6 Å². The third-order valence-corrected chi connectivity index (χ3v) is 3.57. The molecule has 0 radical (unpaired) electrons. The Labute approximate surface area is 121 Å². The summed E-state index contributed by atoms with van der Waals surface area (Å²) in [5, 5.41) is 11.4. The molecule has 0 atom stereocenters. The highest BCUT2D eigenvalue weighted by Gasteiger charge is 2.23. The molecule has 0 unspecified atom stereocenters. The third-order valence-electron chi connectivity index (χ3n) is 3.38. The SMILES string of the molecule is CCn1c(N2CCC(NC(=O)O)CC2)nc(Cl)cc1=O. The van der Waals surface area contributed by atoms with Gasteiger partial charge in [0.15, 0.2) is 0 Å². The number of anilines is 1. The van der Waals surface area contributed by atoms with Crippen LogP contribution in [0.4, 0.5) is 10.7 Å². The van der Waals surface area contributed by atoms with Crippen molar-refractivity contribution in [2.24, 2.45) is 0 Å². The molecule has 7 nitrogen and oxygen atoms in total. The first kappa shape index (κ1) is 14.6. The molecule has 1 fully saturated rings. The summed E-state index contributed by atoms with van der Waals surface area (Å²) < 4.78 is 1.57. The fourth-order valence-electron chi connectivity index (χ4n) is 2.40. The van der Waals surface area contributed by atoms with E-state index in [1.165, 1.54) is 6.07 Å². The van der Waals surface area contributed by atoms with Gasteiger partial charge in [0, 0.05) is 31.7 Å². The smallest absolute Gasteiger partial charge is 0.404 e. The van der Waals surface area contributed by atoms with Crippen LogP contribution in [-0.2, 0) is 6.54 Å². The van der Waals surface area contributed by atoms with E-state index in [0.29, 0.717) is 38.4 Å². The topological polar surface area (TPSA) is 87.5 Å². The fraction of sp³-hybridized carbons (Fsp3) is 0.583. The van der Waals surface area contributed by atoms with Crippen molar-refractivity contribution in [1.82, 2.24) is 14.9 Å². The highest BCUT2D eigenvalue weighted by Crippen LogP contribution is 2.18. The lowest BCUT2D eigenvalue weighted by Gasteiger charge is -2.33. The van der Waals surface area contributed by atoms with E-state index in [-0.39, 0.29) is 16.8 Å². The molecular formula is C12H17ClN4O3. The summed E-state index contributed by atoms with van der Waals surface area (Å²) in [6, 6.07) is 1.25. The van der Waals surface area contributed by atoms with Crippen LogP contribution in [0.3, 0.4) is 0 Å². The van der Waals surface area contributed by atoms with Crippen molar-refractivity contribution in [2.45, 2.75) is 32.4 Å². The molecule has 20 heavy (non-hydrogen) atoms. The van der Waals surface area contributed by atoms with E-state index in [1.54, 1.807) is 4.57 Å². The van der Waals surface area contributed by atoms with Gasteiger partial charge in [0.25, 0.3) is 5.56 Å². The lowest BCUT2D eigenvalue weighted by atomic mass is 10.1. The molecule has 1 aliphatic heterocycles. The van der Waals surface area contributed by atoms with Gasteiger partial charge in [-0.2, -0.15) is 0 Å². The molecule has 0 spiro atoms. The summed E-state index contributed by atoms with van der Waals surface area (Å²) in [5.74, 6) is 0.554. The summed E-state index contributed by atoms with van der Waals surface area (Å²) in [5.41, 5.74) is -0.173. The molecule has 0 aromatic carbocycles. The Bertz CT molecular complexity index is 552. The number of nitrogens with zero attached hydrogens (tertiary/aromatic N) is 3. The second-order valence-corrected chi connectivity index (χ2v) is 5.06. The van der Waals surface area contributed by atoms with Crippen LogP contribution in [0.2, 0.25) is 5.15 Å². The van der Waals surface area contributed by atoms with Crippen molar-refractivity contribution in [3.63, 3.8) is 0 Å². The molecule has 1 aromatic rings. The van der Waals surface area contributed by atoms with Gasteiger partial charge < -0.3 is 15.3 Å². The maximum absolute atomic E-state index is 11.9. The Hall–Kier alpha value is -1.76. The van der Waals surface area contributed by atoms with Gasteiger partial charge in [0.2, 0.25) is 5.95 Å². The maximum Gasteiger partial charge on any atom is 0.404 e. The monoisotopic (exact) mass is 300 g/mol. The number of rotatable bonds is 3. The molecule has 8 heteroatoms. The van der Waals surface area contributed by atoms with Crippen molar-refractivity contribution < 1.29 is 9.90 Å². The zero-order valence-electron chi connectivity index (χ0n) is 11.2. The number of hydrogen-bond donors (Lipinski definition) is 2. The number of carbonyl (C=O) groups is 1. The summed E-state index contributed by atoms with van der Waals surface area (Å²) in [4.78, 5) is 28.7. The van der Waals surface area contributed by atoms with E-state index >= 15 is 0 Å². The summed E-state index contributed by atoms with van der Waals surface area (Å²) >= 11 is 5.85. The molecular weight excluding hydrogens is 284 g/mol. The Morgan fingerprint density at radius 2 is 2.20 bits per heavy atom. The minimum absolute atomic E-state index is 0.0512. The number of nitrogens with one attached hydrogen (secondary N) is 1. The van der Waals surface area contributed by atoms with Gasteiger partial charge in [-0.1, -0.05) is 11.6 Å². The summed E-state index contributed by atoms with van der Waals surface area (Å²) in [7, 11) is 0. The molecule has 1 saturated heterocycles. The summed E-state index contributed by atoms with van der Waals surface area (Å²) in [6.07, 6.45) is 0.353. The Morgan fingerprint density at radius 1 is 1.55 bits per heavy atom. The van der Waals surface area contributed by atoms with Crippen LogP contribution in [-0.4, -0.2) is 39.9 Å². The van der Waals surface area contributed by atoms with E-state index in [9.17, 15) is 9.59 Å². The number of hydrogen-bond acceptors (Lipinski definition) is 4. The van der Waals surface area contributed by atoms with Crippen molar-refractivity contribution in [1.29, 1.82) is 0 Å². The van der Waals surface area contributed by atoms with Gasteiger partial charge in [-0.25, -0.2) is 9.78 Å². The number of halogens is 1. The molecule has 2 rings (SSSR count). The zero-order chi connectivity index (χ0) is 14.7. The standard InChI is InChI=1S/C12H17ClN4O3/c1-2-17-10(18)7-9(13)15-11(17)16-5-3-8(4-6-16)14-12(19)20/h7-8,14H,2-6H2,1H3,(H,19,20). The van der Waals surface area contributed by atoms with E-state index in [4.69, 9.17) is 16.7 Å². The Balaban J connectivity index is 2.14. The van der Waals surface area contributed by atoms with Crippen LogP contribution in [0, 0.1) is 0 Å². The Morgan fingerprint density at radius 3 is 2.75 bits per heavy atom. The molecule has 110 valence electrons. The van der Waals surface area contributed by atoms with Crippen LogP contribution >= 0.6 is 11.6 Å². The first-order chi connectivity index (χ1) is 9.51. The molecule has 2 N–H and O–H groups in total. The van der Waals surface area contributed by atoms with E-state index in [2.05, 4.69) is 10.3 Å². The average Bonchev–Trinajstić information content (AvgIpc) is 2.38. The highest BCUT2D eigenvalue weighted by atomic mass is 35.5. The van der Waals surface area contributed by atoms with E-state index in [1.807, 2.05) is 11.8 Å². The van der Waals surface area contributed by atoms with Gasteiger partial charge in [0.1, 0.15) is 5.15 Å². The van der Waals surface area contributed by atoms with Gasteiger partial charge in [-0.3, -0.25) is 9.36 Å². The number of carboxylic acid groups (broad SMARTS) is 1.